The first-order valence-electron chi connectivity index (χ1n) is 10.5. The fourth-order valence-corrected chi connectivity index (χ4v) is 5.72. The number of hydrogen-bond acceptors (Lipinski definition) is 3. The van der Waals surface area contributed by atoms with E-state index < -0.39 is 0 Å². The summed E-state index contributed by atoms with van der Waals surface area (Å²) in [5, 5.41) is 0.0299. The van der Waals surface area contributed by atoms with E-state index in [1.54, 1.807) is 11.8 Å². The lowest BCUT2D eigenvalue weighted by Gasteiger charge is -2.35. The zero-order valence-electron chi connectivity index (χ0n) is 17.4. The Bertz CT molecular complexity index is 925. The predicted molar refractivity (Wildman–Crippen MR) is 118 cm³/mol. The standard InChI is InChI=1S/C24H27FN2O2S/c1-16-5-3-4-6-21(16)24-27(22(28)17(2)30-24)15-18-11-13-26(14-12-18)23(29)19-7-9-20(25)10-8-19/h3-10,17-18,24H,11-15H2,1-2H3/t17-,24+/m1/s1. The third-order valence-corrected chi connectivity index (χ3v) is 7.53. The van der Waals surface area contributed by atoms with Gasteiger partial charge in [-0.2, -0.15) is 0 Å². The molecule has 2 aliphatic rings. The number of rotatable bonds is 4. The molecule has 2 aromatic rings. The monoisotopic (exact) mass is 426 g/mol. The Hall–Kier alpha value is -2.34. The molecule has 4 nitrogen and oxygen atoms in total. The summed E-state index contributed by atoms with van der Waals surface area (Å²) in [6.07, 6.45) is 1.74. The van der Waals surface area contributed by atoms with Crippen molar-refractivity contribution in [1.29, 1.82) is 0 Å². The van der Waals surface area contributed by atoms with Gasteiger partial charge in [-0.15, -0.1) is 11.8 Å². The molecule has 0 N–H and O–H groups in total. The van der Waals surface area contributed by atoms with Crippen LogP contribution in [0, 0.1) is 18.7 Å². The Labute approximate surface area is 181 Å². The third kappa shape index (κ3) is 4.24. The van der Waals surface area contributed by atoms with Gasteiger partial charge in [0.15, 0.2) is 0 Å². The van der Waals surface area contributed by atoms with Gasteiger partial charge in [0.25, 0.3) is 5.91 Å². The van der Waals surface area contributed by atoms with E-state index in [-0.39, 0.29) is 28.3 Å². The predicted octanol–water partition coefficient (Wildman–Crippen LogP) is 4.65. The van der Waals surface area contributed by atoms with Crippen LogP contribution in [0.5, 0.6) is 0 Å². The van der Waals surface area contributed by atoms with Crippen molar-refractivity contribution in [2.45, 2.75) is 37.3 Å². The number of aryl methyl sites for hydroxylation is 1. The van der Waals surface area contributed by atoms with Crippen molar-refractivity contribution in [1.82, 2.24) is 9.80 Å². The molecule has 2 aromatic carbocycles. The van der Waals surface area contributed by atoms with Gasteiger partial charge in [-0.3, -0.25) is 9.59 Å². The second-order valence-corrected chi connectivity index (χ2v) is 9.65. The number of hydrogen-bond donors (Lipinski definition) is 0. The van der Waals surface area contributed by atoms with Crippen LogP contribution >= 0.6 is 11.8 Å². The van der Waals surface area contributed by atoms with Crippen LogP contribution in [0.3, 0.4) is 0 Å². The maximum atomic E-state index is 13.1. The molecule has 0 aliphatic carbocycles. The van der Waals surface area contributed by atoms with Crippen LogP contribution in [0.4, 0.5) is 4.39 Å². The minimum atomic E-state index is -0.337. The van der Waals surface area contributed by atoms with Crippen molar-refractivity contribution in [2.75, 3.05) is 19.6 Å². The zero-order chi connectivity index (χ0) is 21.3. The van der Waals surface area contributed by atoms with Gasteiger partial charge in [0, 0.05) is 25.2 Å². The van der Waals surface area contributed by atoms with Gasteiger partial charge in [0.2, 0.25) is 5.91 Å². The Morgan fingerprint density at radius 3 is 2.43 bits per heavy atom. The quantitative estimate of drug-likeness (QED) is 0.715. The van der Waals surface area contributed by atoms with E-state index in [1.807, 2.05) is 28.9 Å². The highest BCUT2D eigenvalue weighted by atomic mass is 32.2. The van der Waals surface area contributed by atoms with Gasteiger partial charge in [-0.1, -0.05) is 24.3 Å². The molecule has 158 valence electrons. The number of likely N-dealkylation sites (tertiary alicyclic amines) is 1. The van der Waals surface area contributed by atoms with Crippen LogP contribution in [-0.2, 0) is 4.79 Å². The first-order valence-corrected chi connectivity index (χ1v) is 11.4. The van der Waals surface area contributed by atoms with E-state index in [9.17, 15) is 14.0 Å². The average molecular weight is 427 g/mol. The van der Waals surface area contributed by atoms with Gasteiger partial charge in [-0.05, 0) is 68.0 Å². The molecule has 0 saturated carbocycles. The highest BCUT2D eigenvalue weighted by molar-refractivity contribution is 8.01. The Balaban J connectivity index is 1.40. The highest BCUT2D eigenvalue weighted by Gasteiger charge is 2.40. The van der Waals surface area contributed by atoms with E-state index in [0.717, 1.165) is 19.4 Å². The van der Waals surface area contributed by atoms with Crippen LogP contribution in [0.2, 0.25) is 0 Å². The van der Waals surface area contributed by atoms with Crippen LogP contribution in [0.15, 0.2) is 48.5 Å². The molecule has 2 amide bonds. The number of thioether (sulfide) groups is 1. The fourth-order valence-electron chi connectivity index (χ4n) is 4.34. The van der Waals surface area contributed by atoms with Crippen LogP contribution in [-0.4, -0.2) is 46.5 Å². The molecule has 0 bridgehead atoms. The van der Waals surface area contributed by atoms with Crippen LogP contribution in [0.25, 0.3) is 0 Å². The summed E-state index contributed by atoms with van der Waals surface area (Å²) in [5.41, 5.74) is 2.94. The van der Waals surface area contributed by atoms with Gasteiger partial charge < -0.3 is 9.80 Å². The Kier molecular flexibility index (Phi) is 6.14. The molecule has 0 unspecified atom stereocenters. The van der Waals surface area contributed by atoms with Gasteiger partial charge in [0.05, 0.1) is 5.25 Å². The summed E-state index contributed by atoms with van der Waals surface area (Å²) >= 11 is 1.72. The molecule has 2 saturated heterocycles. The van der Waals surface area contributed by atoms with Crippen molar-refractivity contribution in [3.05, 3.63) is 71.0 Å². The molecule has 0 aromatic heterocycles. The molecule has 2 aliphatic heterocycles. The largest absolute Gasteiger partial charge is 0.339 e. The van der Waals surface area contributed by atoms with Crippen LogP contribution in [0.1, 0.15) is 46.6 Å². The minimum absolute atomic E-state index is 0.0326. The molecule has 6 heteroatoms. The molecular weight excluding hydrogens is 399 g/mol. The van der Waals surface area contributed by atoms with Crippen molar-refractivity contribution in [3.63, 3.8) is 0 Å². The first-order chi connectivity index (χ1) is 14.4. The Morgan fingerprint density at radius 1 is 1.10 bits per heavy atom. The number of carbonyl (C=O) groups is 2. The molecule has 2 fully saturated rings. The SMILES string of the molecule is Cc1ccccc1[C@@H]1S[C@H](C)C(=O)N1CC1CCN(C(=O)c2ccc(F)cc2)CC1. The third-order valence-electron chi connectivity index (χ3n) is 6.15. The van der Waals surface area contributed by atoms with E-state index in [1.165, 1.54) is 35.4 Å². The number of nitrogens with zero attached hydrogens (tertiary/aromatic N) is 2. The molecule has 2 atom stereocenters. The maximum Gasteiger partial charge on any atom is 0.253 e. The maximum absolute atomic E-state index is 13.1. The second kappa shape index (κ2) is 8.80. The highest BCUT2D eigenvalue weighted by Crippen LogP contribution is 2.44. The Morgan fingerprint density at radius 2 is 1.77 bits per heavy atom. The van der Waals surface area contributed by atoms with Crippen LogP contribution < -0.4 is 0 Å². The van der Waals surface area contributed by atoms with Crippen molar-refractivity contribution in [3.8, 4) is 0 Å². The molecular formula is C24H27FN2O2S. The molecule has 0 radical (unpaired) electrons. The summed E-state index contributed by atoms with van der Waals surface area (Å²) in [6.45, 7) is 6.15. The number of carbonyl (C=O) groups excluding carboxylic acids is 2. The van der Waals surface area contributed by atoms with E-state index >= 15 is 0 Å². The number of benzene rings is 2. The summed E-state index contributed by atoms with van der Waals surface area (Å²) in [5.74, 6) is 0.199. The summed E-state index contributed by atoms with van der Waals surface area (Å²) in [7, 11) is 0. The minimum Gasteiger partial charge on any atom is -0.339 e. The van der Waals surface area contributed by atoms with Crippen molar-refractivity contribution < 1.29 is 14.0 Å². The van der Waals surface area contributed by atoms with Crippen molar-refractivity contribution >= 4 is 23.6 Å². The molecule has 0 spiro atoms. The van der Waals surface area contributed by atoms with E-state index in [4.69, 9.17) is 0 Å². The molecule has 2 heterocycles. The lowest BCUT2D eigenvalue weighted by Crippen LogP contribution is -2.42. The lowest BCUT2D eigenvalue weighted by atomic mass is 9.95. The van der Waals surface area contributed by atoms with Gasteiger partial charge >= 0.3 is 0 Å². The second-order valence-electron chi connectivity index (χ2n) is 8.22. The zero-order valence-corrected chi connectivity index (χ0v) is 18.2. The lowest BCUT2D eigenvalue weighted by molar-refractivity contribution is -0.130. The summed E-state index contributed by atoms with van der Waals surface area (Å²) < 4.78 is 13.1. The summed E-state index contributed by atoms with van der Waals surface area (Å²) in [6, 6.07) is 14.0. The van der Waals surface area contributed by atoms with Gasteiger partial charge in [0.1, 0.15) is 11.2 Å². The number of halogens is 1. The first kappa shape index (κ1) is 20.9. The van der Waals surface area contributed by atoms with E-state index in [0.29, 0.717) is 24.6 Å². The fraction of sp³-hybridized carbons (Fsp3) is 0.417. The number of amides is 2. The summed E-state index contributed by atoms with van der Waals surface area (Å²) in [4.78, 5) is 29.4. The van der Waals surface area contributed by atoms with E-state index in [2.05, 4.69) is 19.1 Å². The van der Waals surface area contributed by atoms with Crippen molar-refractivity contribution in [2.24, 2.45) is 5.92 Å². The topological polar surface area (TPSA) is 40.6 Å². The molecule has 4 rings (SSSR count). The average Bonchev–Trinajstić information content (AvgIpc) is 3.03. The smallest absolute Gasteiger partial charge is 0.253 e. The van der Waals surface area contributed by atoms with Gasteiger partial charge in [-0.25, -0.2) is 4.39 Å². The molecule has 30 heavy (non-hydrogen) atoms. The normalized spacial score (nSPS) is 22.6. The number of piperidine rings is 1.